The zero-order valence-electron chi connectivity index (χ0n) is 14.8. The lowest BCUT2D eigenvalue weighted by Gasteiger charge is -2.17. The van der Waals surface area contributed by atoms with Gasteiger partial charge >= 0.3 is 0 Å². The molecule has 1 aliphatic carbocycles. The monoisotopic (exact) mass is 373 g/mol. The fraction of sp³-hybridized carbons (Fsp3) is 0.500. The molecule has 0 aromatic carbocycles. The van der Waals surface area contributed by atoms with Crippen molar-refractivity contribution in [3.8, 4) is 0 Å². The molecule has 3 heterocycles. The molecule has 2 aliphatic rings. The predicted octanol–water partition coefficient (Wildman–Crippen LogP) is 2.32. The Kier molecular flexibility index (Phi) is 4.62. The second-order valence-corrected chi connectivity index (χ2v) is 9.12. The standard InChI is InChI=1S/C18H23N5O2S/c1-2-3-7-26(24,25)23-11-14-8-13-9-20-18(22-17(13)16(14)12-23)21-15-5-4-6-19-10-15/h4-6,9-10,14,16H,2-3,7-8,11-12H2,1H3,(H,20,21,22)/t14-,16-/m1/s1. The molecule has 8 heteroatoms. The number of nitrogens with one attached hydrogen (secondary N) is 1. The average Bonchev–Trinajstić information content (AvgIpc) is 3.20. The zero-order chi connectivity index (χ0) is 18.1. The molecule has 7 nitrogen and oxygen atoms in total. The number of fused-ring (bicyclic) bond motifs is 3. The number of hydrogen-bond acceptors (Lipinski definition) is 6. The van der Waals surface area contributed by atoms with E-state index in [9.17, 15) is 8.42 Å². The Morgan fingerprint density at radius 1 is 1.31 bits per heavy atom. The summed E-state index contributed by atoms with van der Waals surface area (Å²) < 4.78 is 26.7. The van der Waals surface area contributed by atoms with Gasteiger partial charge in [-0.1, -0.05) is 13.3 Å². The van der Waals surface area contributed by atoms with Crippen molar-refractivity contribution >= 4 is 21.7 Å². The van der Waals surface area contributed by atoms with Gasteiger partial charge in [0.25, 0.3) is 0 Å². The van der Waals surface area contributed by atoms with Crippen LogP contribution in [0, 0.1) is 5.92 Å². The molecule has 1 fully saturated rings. The second-order valence-electron chi connectivity index (χ2n) is 7.03. The molecule has 0 saturated carbocycles. The largest absolute Gasteiger partial charge is 0.323 e. The Morgan fingerprint density at radius 3 is 2.96 bits per heavy atom. The van der Waals surface area contributed by atoms with Crippen molar-refractivity contribution in [2.75, 3.05) is 24.2 Å². The summed E-state index contributed by atoms with van der Waals surface area (Å²) in [7, 11) is -3.16. The molecule has 0 spiro atoms. The molecule has 0 unspecified atom stereocenters. The number of pyridine rings is 1. The summed E-state index contributed by atoms with van der Waals surface area (Å²) in [6.07, 6.45) is 7.76. The SMILES string of the molecule is CCCCS(=O)(=O)N1C[C@H]2Cc3cnc(Nc4cccnc4)nc3[C@@H]2C1. The minimum absolute atomic E-state index is 0.166. The van der Waals surface area contributed by atoms with Crippen molar-refractivity contribution in [2.45, 2.75) is 32.1 Å². The minimum Gasteiger partial charge on any atom is -0.323 e. The summed E-state index contributed by atoms with van der Waals surface area (Å²) in [5.41, 5.74) is 2.96. The molecule has 2 aromatic heterocycles. The number of aromatic nitrogens is 3. The zero-order valence-corrected chi connectivity index (χ0v) is 15.6. The summed E-state index contributed by atoms with van der Waals surface area (Å²) in [5, 5.41) is 3.17. The molecule has 1 saturated heterocycles. The summed E-state index contributed by atoms with van der Waals surface area (Å²) in [6, 6.07) is 3.76. The number of nitrogens with zero attached hydrogens (tertiary/aromatic N) is 4. The van der Waals surface area contributed by atoms with E-state index in [-0.39, 0.29) is 11.7 Å². The third-order valence-electron chi connectivity index (χ3n) is 5.21. The average molecular weight is 373 g/mol. The maximum absolute atomic E-state index is 12.5. The topological polar surface area (TPSA) is 88.1 Å². The van der Waals surface area contributed by atoms with Crippen LogP contribution in [-0.2, 0) is 16.4 Å². The normalized spacial score (nSPS) is 22.2. The van der Waals surface area contributed by atoms with Crippen LogP contribution >= 0.6 is 0 Å². The molecule has 2 atom stereocenters. The Balaban J connectivity index is 1.52. The van der Waals surface area contributed by atoms with Crippen LogP contribution in [-0.4, -0.2) is 46.5 Å². The van der Waals surface area contributed by atoms with Gasteiger partial charge in [-0.3, -0.25) is 4.98 Å². The van der Waals surface area contributed by atoms with Gasteiger partial charge in [-0.15, -0.1) is 0 Å². The van der Waals surface area contributed by atoms with Crippen LogP contribution in [0.1, 0.15) is 36.9 Å². The Hall–Kier alpha value is -2.06. The Labute approximate surface area is 153 Å². The number of sulfonamides is 1. The second kappa shape index (κ2) is 6.92. The Bertz CT molecular complexity index is 888. The van der Waals surface area contributed by atoms with Crippen LogP contribution in [0.2, 0.25) is 0 Å². The Morgan fingerprint density at radius 2 is 2.19 bits per heavy atom. The van der Waals surface area contributed by atoms with Gasteiger partial charge in [-0.25, -0.2) is 22.7 Å². The maximum atomic E-state index is 12.5. The molecule has 0 amide bonds. The van der Waals surface area contributed by atoms with E-state index in [1.54, 1.807) is 16.7 Å². The molecule has 0 bridgehead atoms. The van der Waals surface area contributed by atoms with Crippen LogP contribution < -0.4 is 5.32 Å². The van der Waals surface area contributed by atoms with Crippen LogP contribution in [0.3, 0.4) is 0 Å². The van der Waals surface area contributed by atoms with E-state index in [4.69, 9.17) is 4.98 Å². The van der Waals surface area contributed by atoms with Gasteiger partial charge < -0.3 is 5.32 Å². The van der Waals surface area contributed by atoms with E-state index in [0.29, 0.717) is 31.4 Å². The number of unbranched alkanes of at least 4 members (excludes halogenated alkanes) is 1. The summed E-state index contributed by atoms with van der Waals surface area (Å²) in [6.45, 7) is 3.14. The maximum Gasteiger partial charge on any atom is 0.227 e. The van der Waals surface area contributed by atoms with Crippen LogP contribution in [0.5, 0.6) is 0 Å². The quantitative estimate of drug-likeness (QED) is 0.836. The van der Waals surface area contributed by atoms with E-state index in [1.165, 1.54) is 0 Å². The highest BCUT2D eigenvalue weighted by Crippen LogP contribution is 2.43. The summed E-state index contributed by atoms with van der Waals surface area (Å²) in [5.74, 6) is 1.25. The van der Waals surface area contributed by atoms with Gasteiger partial charge in [0.2, 0.25) is 16.0 Å². The molecule has 138 valence electrons. The lowest BCUT2D eigenvalue weighted by molar-refractivity contribution is 0.455. The number of rotatable bonds is 6. The highest BCUT2D eigenvalue weighted by Gasteiger charge is 2.44. The number of hydrogen-bond donors (Lipinski definition) is 1. The highest BCUT2D eigenvalue weighted by molar-refractivity contribution is 7.89. The first kappa shape index (κ1) is 17.4. The van der Waals surface area contributed by atoms with E-state index in [1.807, 2.05) is 25.3 Å². The van der Waals surface area contributed by atoms with Gasteiger partial charge in [-0.05, 0) is 36.5 Å². The van der Waals surface area contributed by atoms with E-state index < -0.39 is 10.0 Å². The van der Waals surface area contributed by atoms with Crippen molar-refractivity contribution in [3.63, 3.8) is 0 Å². The van der Waals surface area contributed by atoms with E-state index in [2.05, 4.69) is 15.3 Å². The fourth-order valence-corrected chi connectivity index (χ4v) is 5.56. The summed E-state index contributed by atoms with van der Waals surface area (Å²) in [4.78, 5) is 13.2. The molecule has 2 aromatic rings. The molecular weight excluding hydrogens is 350 g/mol. The van der Waals surface area contributed by atoms with Crippen LogP contribution in [0.25, 0.3) is 0 Å². The van der Waals surface area contributed by atoms with Gasteiger partial charge in [0, 0.05) is 31.4 Å². The molecule has 1 aliphatic heterocycles. The van der Waals surface area contributed by atoms with E-state index >= 15 is 0 Å². The first-order chi connectivity index (χ1) is 12.6. The molecule has 0 radical (unpaired) electrons. The van der Waals surface area contributed by atoms with Gasteiger partial charge in [-0.2, -0.15) is 0 Å². The van der Waals surface area contributed by atoms with Gasteiger partial charge in [0.1, 0.15) is 0 Å². The lowest BCUT2D eigenvalue weighted by Crippen LogP contribution is -2.31. The first-order valence-electron chi connectivity index (χ1n) is 9.07. The summed E-state index contributed by atoms with van der Waals surface area (Å²) >= 11 is 0. The minimum atomic E-state index is -3.16. The van der Waals surface area contributed by atoms with Crippen molar-refractivity contribution < 1.29 is 8.42 Å². The lowest BCUT2D eigenvalue weighted by atomic mass is 9.99. The fourth-order valence-electron chi connectivity index (χ4n) is 3.84. The third-order valence-corrected chi connectivity index (χ3v) is 7.10. The van der Waals surface area contributed by atoms with Crippen molar-refractivity contribution in [1.29, 1.82) is 0 Å². The van der Waals surface area contributed by atoms with Crippen molar-refractivity contribution in [2.24, 2.45) is 5.92 Å². The molecule has 26 heavy (non-hydrogen) atoms. The predicted molar refractivity (Wildman–Crippen MR) is 99.8 cm³/mol. The molecule has 4 rings (SSSR count). The molecule has 1 N–H and O–H groups in total. The number of anilines is 2. The molecular formula is C18H23N5O2S. The van der Waals surface area contributed by atoms with Crippen molar-refractivity contribution in [1.82, 2.24) is 19.3 Å². The smallest absolute Gasteiger partial charge is 0.227 e. The first-order valence-corrected chi connectivity index (χ1v) is 10.7. The van der Waals surface area contributed by atoms with Gasteiger partial charge in [0.05, 0.1) is 23.3 Å². The third kappa shape index (κ3) is 3.31. The highest BCUT2D eigenvalue weighted by atomic mass is 32.2. The van der Waals surface area contributed by atoms with Gasteiger partial charge in [0.15, 0.2) is 0 Å². The van der Waals surface area contributed by atoms with Crippen molar-refractivity contribution in [3.05, 3.63) is 42.0 Å². The van der Waals surface area contributed by atoms with Crippen LogP contribution in [0.4, 0.5) is 11.6 Å². The van der Waals surface area contributed by atoms with Crippen LogP contribution in [0.15, 0.2) is 30.7 Å². The van der Waals surface area contributed by atoms with E-state index in [0.717, 1.165) is 29.8 Å².